The van der Waals surface area contributed by atoms with Crippen molar-refractivity contribution in [3.8, 4) is 5.75 Å². The quantitative estimate of drug-likeness (QED) is 0.862. The van der Waals surface area contributed by atoms with Crippen LogP contribution in [0.1, 0.15) is 24.4 Å². The number of nitrogens with zero attached hydrogens (tertiary/aromatic N) is 4. The van der Waals surface area contributed by atoms with Gasteiger partial charge >= 0.3 is 0 Å². The molecule has 2 aliphatic rings. The second kappa shape index (κ2) is 5.94. The summed E-state index contributed by atoms with van der Waals surface area (Å²) in [5.41, 5.74) is 1.32. The SMILES string of the molecule is COc1ccc(CN2CC[C@@]3(C[C@@H](n4cnnc4)CO3)C2)cc1. The standard InChI is InChI=1S/C17H22N4O2/c1-22-16-4-2-14(3-5-16)9-20-7-6-17(11-20)8-15(10-23-17)21-12-18-19-13-21/h2-5,12-13,15H,6-11H2,1H3/t15-,17-/m1/s1. The number of aromatic nitrogens is 3. The van der Waals surface area contributed by atoms with Crippen LogP contribution in [-0.2, 0) is 11.3 Å². The van der Waals surface area contributed by atoms with E-state index < -0.39 is 0 Å². The number of methoxy groups -OCH3 is 1. The van der Waals surface area contributed by atoms with Crippen LogP contribution >= 0.6 is 0 Å². The fraction of sp³-hybridized carbons (Fsp3) is 0.529. The highest BCUT2D eigenvalue weighted by atomic mass is 16.5. The molecule has 0 radical (unpaired) electrons. The Balaban J connectivity index is 1.37. The van der Waals surface area contributed by atoms with Crippen molar-refractivity contribution < 1.29 is 9.47 Å². The van der Waals surface area contributed by atoms with Crippen molar-refractivity contribution in [2.75, 3.05) is 26.8 Å². The lowest BCUT2D eigenvalue weighted by Gasteiger charge is -2.23. The van der Waals surface area contributed by atoms with Crippen LogP contribution in [0.25, 0.3) is 0 Å². The van der Waals surface area contributed by atoms with Crippen LogP contribution in [0.3, 0.4) is 0 Å². The van der Waals surface area contributed by atoms with Gasteiger partial charge in [0, 0.05) is 26.1 Å². The Morgan fingerprint density at radius 2 is 2.04 bits per heavy atom. The number of likely N-dealkylation sites (tertiary alicyclic amines) is 1. The van der Waals surface area contributed by atoms with Gasteiger partial charge in [0.15, 0.2) is 0 Å². The largest absolute Gasteiger partial charge is 0.497 e. The molecule has 0 aliphatic carbocycles. The fourth-order valence-corrected chi connectivity index (χ4v) is 3.75. The minimum Gasteiger partial charge on any atom is -0.497 e. The van der Waals surface area contributed by atoms with E-state index in [1.807, 2.05) is 12.1 Å². The lowest BCUT2D eigenvalue weighted by atomic mass is 9.97. The number of rotatable bonds is 4. The van der Waals surface area contributed by atoms with Crippen LogP contribution < -0.4 is 4.74 Å². The third kappa shape index (κ3) is 2.96. The van der Waals surface area contributed by atoms with E-state index >= 15 is 0 Å². The zero-order valence-corrected chi connectivity index (χ0v) is 13.4. The molecule has 2 atom stereocenters. The summed E-state index contributed by atoms with van der Waals surface area (Å²) in [4.78, 5) is 2.48. The Bertz CT molecular complexity index is 643. The number of hydrogen-bond donors (Lipinski definition) is 0. The molecule has 0 unspecified atom stereocenters. The molecule has 2 aliphatic heterocycles. The number of benzene rings is 1. The molecular formula is C17H22N4O2. The molecule has 0 N–H and O–H groups in total. The lowest BCUT2D eigenvalue weighted by molar-refractivity contribution is 0.0112. The molecule has 2 aromatic rings. The molecule has 2 saturated heterocycles. The van der Waals surface area contributed by atoms with Gasteiger partial charge in [-0.2, -0.15) is 0 Å². The van der Waals surface area contributed by atoms with E-state index in [2.05, 4.69) is 31.8 Å². The first kappa shape index (κ1) is 14.7. The molecule has 23 heavy (non-hydrogen) atoms. The minimum atomic E-state index is 0.00140. The Labute approximate surface area is 136 Å². The molecule has 0 amide bonds. The highest BCUT2D eigenvalue weighted by molar-refractivity contribution is 5.27. The third-order valence-corrected chi connectivity index (χ3v) is 5.01. The van der Waals surface area contributed by atoms with Crippen LogP contribution in [0.2, 0.25) is 0 Å². The van der Waals surface area contributed by atoms with Crippen molar-refractivity contribution in [2.24, 2.45) is 0 Å². The highest BCUT2D eigenvalue weighted by Crippen LogP contribution is 2.40. The van der Waals surface area contributed by atoms with Crippen molar-refractivity contribution in [1.29, 1.82) is 0 Å². The summed E-state index contributed by atoms with van der Waals surface area (Å²) in [6.07, 6.45) is 5.72. The molecule has 3 heterocycles. The minimum absolute atomic E-state index is 0.00140. The van der Waals surface area contributed by atoms with Crippen LogP contribution in [0.4, 0.5) is 0 Å². The molecule has 4 rings (SSSR count). The van der Waals surface area contributed by atoms with Crippen molar-refractivity contribution >= 4 is 0 Å². The molecule has 1 aromatic carbocycles. The molecule has 122 valence electrons. The maximum Gasteiger partial charge on any atom is 0.119 e. The molecular weight excluding hydrogens is 292 g/mol. The Morgan fingerprint density at radius 3 is 2.78 bits per heavy atom. The molecule has 6 heteroatoms. The summed E-state index contributed by atoms with van der Waals surface area (Å²) in [5.74, 6) is 0.905. The van der Waals surface area contributed by atoms with E-state index in [-0.39, 0.29) is 5.60 Å². The number of hydrogen-bond acceptors (Lipinski definition) is 5. The van der Waals surface area contributed by atoms with E-state index in [0.717, 1.165) is 44.8 Å². The average Bonchev–Trinajstić information content (AvgIpc) is 3.31. The lowest BCUT2D eigenvalue weighted by Crippen LogP contribution is -2.32. The second-order valence-electron chi connectivity index (χ2n) is 6.57. The van der Waals surface area contributed by atoms with Gasteiger partial charge in [-0.05, 0) is 24.1 Å². The summed E-state index contributed by atoms with van der Waals surface area (Å²) < 4.78 is 13.5. The van der Waals surface area contributed by atoms with Crippen molar-refractivity contribution in [2.45, 2.75) is 31.0 Å². The van der Waals surface area contributed by atoms with Crippen molar-refractivity contribution in [1.82, 2.24) is 19.7 Å². The van der Waals surface area contributed by atoms with Gasteiger partial charge in [-0.25, -0.2) is 0 Å². The topological polar surface area (TPSA) is 52.4 Å². The zero-order valence-electron chi connectivity index (χ0n) is 13.4. The van der Waals surface area contributed by atoms with E-state index in [9.17, 15) is 0 Å². The molecule has 1 spiro atoms. The molecule has 0 saturated carbocycles. The predicted octanol–water partition coefficient (Wildman–Crippen LogP) is 1.89. The van der Waals surface area contributed by atoms with Gasteiger partial charge in [0.2, 0.25) is 0 Å². The van der Waals surface area contributed by atoms with Crippen molar-refractivity contribution in [3.63, 3.8) is 0 Å². The maximum atomic E-state index is 6.20. The van der Waals surface area contributed by atoms with Gasteiger partial charge in [0.25, 0.3) is 0 Å². The molecule has 2 fully saturated rings. The van der Waals surface area contributed by atoms with Crippen LogP contribution in [0.5, 0.6) is 5.75 Å². The maximum absolute atomic E-state index is 6.20. The number of ether oxygens (including phenoxy) is 2. The van der Waals surface area contributed by atoms with E-state index in [4.69, 9.17) is 9.47 Å². The summed E-state index contributed by atoms with van der Waals surface area (Å²) in [5, 5.41) is 7.81. The van der Waals surface area contributed by atoms with E-state index in [1.165, 1.54) is 5.56 Å². The first-order valence-electron chi connectivity index (χ1n) is 8.10. The van der Waals surface area contributed by atoms with Gasteiger partial charge < -0.3 is 14.0 Å². The van der Waals surface area contributed by atoms with Crippen molar-refractivity contribution in [3.05, 3.63) is 42.5 Å². The summed E-state index contributed by atoms with van der Waals surface area (Å²) in [6.45, 7) is 3.80. The Morgan fingerprint density at radius 1 is 1.26 bits per heavy atom. The van der Waals surface area contributed by atoms with E-state index in [0.29, 0.717) is 6.04 Å². The summed E-state index contributed by atoms with van der Waals surface area (Å²) in [7, 11) is 1.70. The van der Waals surface area contributed by atoms with Crippen LogP contribution in [0, 0.1) is 0 Å². The van der Waals surface area contributed by atoms with Crippen LogP contribution in [0.15, 0.2) is 36.9 Å². The zero-order chi connectivity index (χ0) is 15.7. The molecule has 1 aromatic heterocycles. The molecule has 6 nitrogen and oxygen atoms in total. The average molecular weight is 314 g/mol. The normalized spacial score (nSPS) is 27.8. The third-order valence-electron chi connectivity index (χ3n) is 5.01. The van der Waals surface area contributed by atoms with Gasteiger partial charge in [-0.1, -0.05) is 12.1 Å². The Hall–Kier alpha value is -1.92. The van der Waals surface area contributed by atoms with Gasteiger partial charge in [-0.15, -0.1) is 10.2 Å². The Kier molecular flexibility index (Phi) is 3.79. The van der Waals surface area contributed by atoms with Gasteiger partial charge in [-0.3, -0.25) is 4.90 Å². The predicted molar refractivity (Wildman–Crippen MR) is 85.2 cm³/mol. The molecule has 0 bridgehead atoms. The first-order chi connectivity index (χ1) is 11.3. The summed E-state index contributed by atoms with van der Waals surface area (Å²) in [6, 6.07) is 8.69. The first-order valence-corrected chi connectivity index (χ1v) is 8.10. The van der Waals surface area contributed by atoms with Gasteiger partial charge in [0.1, 0.15) is 18.4 Å². The van der Waals surface area contributed by atoms with Gasteiger partial charge in [0.05, 0.1) is 25.4 Å². The van der Waals surface area contributed by atoms with E-state index in [1.54, 1.807) is 19.8 Å². The van der Waals surface area contributed by atoms with Crippen LogP contribution in [-0.4, -0.2) is 52.1 Å². The second-order valence-corrected chi connectivity index (χ2v) is 6.57. The highest BCUT2D eigenvalue weighted by Gasteiger charge is 2.45. The smallest absolute Gasteiger partial charge is 0.119 e. The monoisotopic (exact) mass is 314 g/mol. The summed E-state index contributed by atoms with van der Waals surface area (Å²) >= 11 is 0. The fourth-order valence-electron chi connectivity index (χ4n) is 3.75.